The molecule has 2 aliphatic rings. The molecule has 21 heavy (non-hydrogen) atoms. The van der Waals surface area contributed by atoms with Crippen molar-refractivity contribution in [3.05, 3.63) is 35.9 Å². The number of hydrogen-bond acceptors (Lipinski definition) is 3. The predicted molar refractivity (Wildman–Crippen MR) is 76.3 cm³/mol. The van der Waals surface area contributed by atoms with Crippen molar-refractivity contribution >= 4 is 17.6 Å². The Bertz CT molecular complexity index is 566. The third-order valence-corrected chi connectivity index (χ3v) is 4.09. The van der Waals surface area contributed by atoms with Gasteiger partial charge in [-0.15, -0.1) is 0 Å². The summed E-state index contributed by atoms with van der Waals surface area (Å²) in [5.41, 5.74) is 1.000. The van der Waals surface area contributed by atoms with E-state index in [4.69, 9.17) is 0 Å². The minimum absolute atomic E-state index is 0.142. The Hall–Kier alpha value is -2.17. The lowest BCUT2D eigenvalue weighted by molar-refractivity contribution is -0.141. The average molecular weight is 286 g/mol. The topological polar surface area (TPSA) is 75.3 Å². The molecule has 2 amide bonds. The third kappa shape index (κ3) is 3.12. The van der Waals surface area contributed by atoms with E-state index >= 15 is 0 Å². The van der Waals surface area contributed by atoms with Crippen LogP contribution in [0.2, 0.25) is 0 Å². The van der Waals surface area contributed by atoms with Crippen molar-refractivity contribution in [1.29, 1.82) is 0 Å². The van der Waals surface area contributed by atoms with Crippen molar-refractivity contribution in [3.63, 3.8) is 0 Å². The first-order valence-corrected chi connectivity index (χ1v) is 7.31. The fraction of sp³-hybridized carbons (Fsp3) is 0.438. The molecule has 1 aliphatic carbocycles. The van der Waals surface area contributed by atoms with Crippen LogP contribution in [0.1, 0.15) is 18.4 Å². The predicted octanol–water partition coefficient (Wildman–Crippen LogP) is 0.439. The molecule has 1 aromatic rings. The Kier molecular flexibility index (Phi) is 3.73. The van der Waals surface area contributed by atoms with E-state index in [1.165, 1.54) is 0 Å². The molecule has 1 heterocycles. The molecule has 1 aliphatic heterocycles. The van der Waals surface area contributed by atoms with Gasteiger partial charge < -0.3 is 10.6 Å². The molecule has 2 fully saturated rings. The summed E-state index contributed by atoms with van der Waals surface area (Å²) in [6.45, 7) is 0.257. The molecular formula is C16H18N2O3. The van der Waals surface area contributed by atoms with Crippen molar-refractivity contribution in [2.45, 2.75) is 25.3 Å². The standard InChI is InChI=1S/C16H18N2O3/c19-14(16(21)18-11-6-7-11)13-9-17-15(20)12(13)8-10-4-2-1-3-5-10/h1-5,11-13H,6-9H2,(H,17,20)(H,18,21)/t12-,13+/m1/s1. The van der Waals surface area contributed by atoms with Crippen molar-refractivity contribution in [3.8, 4) is 0 Å². The lowest BCUT2D eigenvalue weighted by Gasteiger charge is -2.15. The number of carbonyl (C=O) groups excluding carboxylic acids is 3. The molecular weight excluding hydrogens is 268 g/mol. The van der Waals surface area contributed by atoms with E-state index in [2.05, 4.69) is 10.6 Å². The van der Waals surface area contributed by atoms with Crippen molar-refractivity contribution in [2.75, 3.05) is 6.54 Å². The normalized spacial score (nSPS) is 24.5. The molecule has 0 bridgehead atoms. The van der Waals surface area contributed by atoms with Crippen LogP contribution in [-0.2, 0) is 20.8 Å². The Balaban J connectivity index is 1.69. The van der Waals surface area contributed by atoms with Crippen LogP contribution in [-0.4, -0.2) is 30.2 Å². The molecule has 110 valence electrons. The van der Waals surface area contributed by atoms with Gasteiger partial charge in [-0.3, -0.25) is 14.4 Å². The lowest BCUT2D eigenvalue weighted by Crippen LogP contribution is -2.39. The lowest BCUT2D eigenvalue weighted by atomic mass is 9.86. The Morgan fingerprint density at radius 1 is 1.19 bits per heavy atom. The van der Waals surface area contributed by atoms with E-state index < -0.39 is 23.5 Å². The highest BCUT2D eigenvalue weighted by Gasteiger charge is 2.42. The van der Waals surface area contributed by atoms with Crippen LogP contribution in [0.3, 0.4) is 0 Å². The van der Waals surface area contributed by atoms with Gasteiger partial charge in [0.15, 0.2) is 0 Å². The minimum atomic E-state index is -0.559. The van der Waals surface area contributed by atoms with E-state index in [0.717, 1.165) is 18.4 Å². The summed E-state index contributed by atoms with van der Waals surface area (Å²) in [5.74, 6) is -2.17. The number of benzene rings is 1. The maximum absolute atomic E-state index is 12.3. The van der Waals surface area contributed by atoms with Gasteiger partial charge in [-0.25, -0.2) is 0 Å². The van der Waals surface area contributed by atoms with Crippen LogP contribution in [0.25, 0.3) is 0 Å². The first-order valence-electron chi connectivity index (χ1n) is 7.31. The first kappa shape index (κ1) is 13.8. The highest BCUT2D eigenvalue weighted by Crippen LogP contribution is 2.24. The third-order valence-electron chi connectivity index (χ3n) is 4.09. The van der Waals surface area contributed by atoms with E-state index in [0.29, 0.717) is 6.42 Å². The number of rotatable bonds is 5. The highest BCUT2D eigenvalue weighted by molar-refractivity contribution is 6.37. The van der Waals surface area contributed by atoms with E-state index in [1.807, 2.05) is 30.3 Å². The summed E-state index contributed by atoms with van der Waals surface area (Å²) in [6, 6.07) is 9.72. The van der Waals surface area contributed by atoms with E-state index in [-0.39, 0.29) is 18.5 Å². The van der Waals surface area contributed by atoms with E-state index in [1.54, 1.807) is 0 Å². The maximum atomic E-state index is 12.3. The number of nitrogens with one attached hydrogen (secondary N) is 2. The SMILES string of the molecule is O=C(NC1CC1)C(=O)[C@H]1CNC(=O)[C@@H]1Cc1ccccc1. The second-order valence-corrected chi connectivity index (χ2v) is 5.76. The molecule has 1 saturated carbocycles. The number of amides is 2. The van der Waals surface area contributed by atoms with Crippen LogP contribution >= 0.6 is 0 Å². The van der Waals surface area contributed by atoms with Gasteiger partial charge in [0, 0.05) is 12.6 Å². The molecule has 0 radical (unpaired) electrons. The quantitative estimate of drug-likeness (QED) is 0.771. The van der Waals surface area contributed by atoms with Gasteiger partial charge in [0.05, 0.1) is 11.8 Å². The molecule has 0 spiro atoms. The van der Waals surface area contributed by atoms with Crippen molar-refractivity contribution < 1.29 is 14.4 Å². The number of carbonyl (C=O) groups is 3. The summed E-state index contributed by atoms with van der Waals surface area (Å²) >= 11 is 0. The largest absolute Gasteiger partial charge is 0.355 e. The number of Topliss-reactive ketones (excluding diaryl/α,β-unsaturated/α-hetero) is 1. The molecule has 2 N–H and O–H groups in total. The molecule has 2 atom stereocenters. The minimum Gasteiger partial charge on any atom is -0.355 e. The van der Waals surface area contributed by atoms with Crippen LogP contribution in [0.4, 0.5) is 0 Å². The van der Waals surface area contributed by atoms with Gasteiger partial charge in [-0.2, -0.15) is 0 Å². The van der Waals surface area contributed by atoms with Crippen LogP contribution in [0, 0.1) is 11.8 Å². The van der Waals surface area contributed by atoms with Gasteiger partial charge in [0.2, 0.25) is 11.7 Å². The van der Waals surface area contributed by atoms with Gasteiger partial charge in [0.25, 0.3) is 5.91 Å². The highest BCUT2D eigenvalue weighted by atomic mass is 16.2. The zero-order valence-corrected chi connectivity index (χ0v) is 11.7. The molecule has 5 nitrogen and oxygen atoms in total. The second-order valence-electron chi connectivity index (χ2n) is 5.76. The fourth-order valence-corrected chi connectivity index (χ4v) is 2.70. The number of hydrogen-bond donors (Lipinski definition) is 2. The smallest absolute Gasteiger partial charge is 0.287 e. The second kappa shape index (κ2) is 5.68. The van der Waals surface area contributed by atoms with Gasteiger partial charge in [-0.1, -0.05) is 30.3 Å². The summed E-state index contributed by atoms with van der Waals surface area (Å²) < 4.78 is 0. The molecule has 1 aromatic carbocycles. The monoisotopic (exact) mass is 286 g/mol. The van der Waals surface area contributed by atoms with Crippen LogP contribution in [0.15, 0.2) is 30.3 Å². The number of ketones is 1. The average Bonchev–Trinajstić information content (AvgIpc) is 3.23. The van der Waals surface area contributed by atoms with Crippen LogP contribution < -0.4 is 10.6 Å². The van der Waals surface area contributed by atoms with Crippen LogP contribution in [0.5, 0.6) is 0 Å². The Labute approximate surface area is 123 Å². The Morgan fingerprint density at radius 3 is 2.57 bits per heavy atom. The Morgan fingerprint density at radius 2 is 1.90 bits per heavy atom. The van der Waals surface area contributed by atoms with Gasteiger partial charge in [0.1, 0.15) is 0 Å². The first-order chi connectivity index (χ1) is 10.1. The summed E-state index contributed by atoms with van der Waals surface area (Å²) in [5, 5.41) is 5.41. The zero-order valence-electron chi connectivity index (χ0n) is 11.7. The maximum Gasteiger partial charge on any atom is 0.287 e. The summed E-state index contributed by atoms with van der Waals surface area (Å²) in [7, 11) is 0. The van der Waals surface area contributed by atoms with Crippen molar-refractivity contribution in [2.24, 2.45) is 11.8 Å². The zero-order chi connectivity index (χ0) is 14.8. The van der Waals surface area contributed by atoms with Gasteiger partial charge >= 0.3 is 0 Å². The van der Waals surface area contributed by atoms with Crippen molar-refractivity contribution in [1.82, 2.24) is 10.6 Å². The molecule has 1 saturated heterocycles. The fourth-order valence-electron chi connectivity index (χ4n) is 2.70. The molecule has 0 aromatic heterocycles. The summed E-state index contributed by atoms with van der Waals surface area (Å²) in [4.78, 5) is 36.1. The summed E-state index contributed by atoms with van der Waals surface area (Å²) in [6.07, 6.45) is 2.36. The molecule has 3 rings (SSSR count). The molecule has 0 unspecified atom stereocenters. The van der Waals surface area contributed by atoms with Gasteiger partial charge in [-0.05, 0) is 24.8 Å². The van der Waals surface area contributed by atoms with E-state index in [9.17, 15) is 14.4 Å². The molecule has 5 heteroatoms.